The highest BCUT2D eigenvalue weighted by atomic mass is 127. The molecule has 2 rings (SSSR count). The molecule has 0 radical (unpaired) electrons. The van der Waals surface area contributed by atoms with Crippen LogP contribution in [0, 0.1) is 0 Å². The van der Waals surface area contributed by atoms with Crippen LogP contribution in [0.3, 0.4) is 0 Å². The van der Waals surface area contributed by atoms with Gasteiger partial charge in [0.1, 0.15) is 0 Å². The van der Waals surface area contributed by atoms with E-state index in [0.29, 0.717) is 6.04 Å². The monoisotopic (exact) mass is 455 g/mol. The van der Waals surface area contributed by atoms with Crippen molar-refractivity contribution in [3.63, 3.8) is 0 Å². The molecule has 138 valence electrons. The third-order valence-electron chi connectivity index (χ3n) is 4.40. The Morgan fingerprint density at radius 3 is 2.40 bits per heavy atom. The van der Waals surface area contributed by atoms with Crippen LogP contribution in [0.15, 0.2) is 53.7 Å². The van der Waals surface area contributed by atoms with Gasteiger partial charge in [0, 0.05) is 58.4 Å². The first-order chi connectivity index (χ1) is 11.5. The van der Waals surface area contributed by atoms with Gasteiger partial charge >= 0.3 is 0 Å². The van der Waals surface area contributed by atoms with Gasteiger partial charge in [-0.2, -0.15) is 0 Å². The van der Waals surface area contributed by atoms with Gasteiger partial charge in [-0.15, -0.1) is 24.0 Å². The number of aliphatic imine (C=N–C) groups is 1. The number of anilines is 1. The number of para-hydroxylation sites is 1. The Morgan fingerprint density at radius 2 is 1.84 bits per heavy atom. The molecule has 0 aliphatic carbocycles. The minimum absolute atomic E-state index is 0. The molecular weight excluding hydrogens is 425 g/mol. The van der Waals surface area contributed by atoms with Crippen molar-refractivity contribution in [1.82, 2.24) is 14.8 Å². The highest BCUT2D eigenvalue weighted by molar-refractivity contribution is 14.0. The molecule has 1 atom stereocenters. The van der Waals surface area contributed by atoms with E-state index in [-0.39, 0.29) is 24.0 Å². The van der Waals surface area contributed by atoms with E-state index in [1.54, 1.807) is 0 Å². The second-order valence-electron chi connectivity index (χ2n) is 6.19. The van der Waals surface area contributed by atoms with E-state index in [0.717, 1.165) is 19.0 Å². The molecule has 6 heteroatoms. The Morgan fingerprint density at radius 1 is 1.16 bits per heavy atom. The summed E-state index contributed by atoms with van der Waals surface area (Å²) >= 11 is 0. The van der Waals surface area contributed by atoms with Gasteiger partial charge < -0.3 is 19.7 Å². The fourth-order valence-corrected chi connectivity index (χ4v) is 2.66. The number of hydrogen-bond acceptors (Lipinski definition) is 2. The van der Waals surface area contributed by atoms with Gasteiger partial charge in [-0.1, -0.05) is 18.2 Å². The molecule has 1 heterocycles. The summed E-state index contributed by atoms with van der Waals surface area (Å²) in [4.78, 5) is 8.82. The lowest BCUT2D eigenvalue weighted by molar-refractivity contribution is 0.458. The van der Waals surface area contributed by atoms with Crippen LogP contribution in [0.25, 0.3) is 0 Å². The van der Waals surface area contributed by atoms with E-state index in [1.165, 1.54) is 11.4 Å². The number of rotatable bonds is 6. The number of aromatic nitrogens is 1. The van der Waals surface area contributed by atoms with Gasteiger partial charge in [-0.25, -0.2) is 0 Å². The maximum Gasteiger partial charge on any atom is 0.193 e. The number of hydrogen-bond donors (Lipinski definition) is 1. The summed E-state index contributed by atoms with van der Waals surface area (Å²) in [6.07, 6.45) is 2.07. The quantitative estimate of drug-likeness (QED) is 0.413. The highest BCUT2D eigenvalue weighted by Gasteiger charge is 2.13. The second kappa shape index (κ2) is 10.3. The molecule has 1 aromatic carbocycles. The molecule has 0 bridgehead atoms. The van der Waals surface area contributed by atoms with Crippen molar-refractivity contribution in [2.24, 2.45) is 12.0 Å². The number of benzene rings is 1. The SMILES string of the molecule is CN=C(NCC(C)N(C)c1ccccc1)N(C)Cc1cccn1C.I. The van der Waals surface area contributed by atoms with Crippen molar-refractivity contribution in [3.8, 4) is 0 Å². The van der Waals surface area contributed by atoms with Crippen LogP contribution in [-0.4, -0.2) is 49.2 Å². The molecule has 1 N–H and O–H groups in total. The number of guanidine groups is 1. The Kier molecular flexibility index (Phi) is 8.82. The largest absolute Gasteiger partial charge is 0.370 e. The van der Waals surface area contributed by atoms with E-state index >= 15 is 0 Å². The van der Waals surface area contributed by atoms with Crippen molar-refractivity contribution in [3.05, 3.63) is 54.4 Å². The van der Waals surface area contributed by atoms with Crippen LogP contribution in [0.2, 0.25) is 0 Å². The molecule has 5 nitrogen and oxygen atoms in total. The van der Waals surface area contributed by atoms with Gasteiger partial charge in [-0.3, -0.25) is 4.99 Å². The first kappa shape index (κ1) is 21.3. The molecular formula is C19H30IN5. The molecule has 1 unspecified atom stereocenters. The van der Waals surface area contributed by atoms with Crippen LogP contribution < -0.4 is 10.2 Å². The van der Waals surface area contributed by atoms with E-state index in [4.69, 9.17) is 0 Å². The summed E-state index contributed by atoms with van der Waals surface area (Å²) in [6.45, 7) is 3.87. The summed E-state index contributed by atoms with van der Waals surface area (Å²) in [5.41, 5.74) is 2.48. The zero-order valence-corrected chi connectivity index (χ0v) is 18.1. The normalized spacial score (nSPS) is 12.3. The lowest BCUT2D eigenvalue weighted by Gasteiger charge is -2.29. The van der Waals surface area contributed by atoms with E-state index < -0.39 is 0 Å². The third-order valence-corrected chi connectivity index (χ3v) is 4.40. The first-order valence-corrected chi connectivity index (χ1v) is 8.32. The zero-order valence-electron chi connectivity index (χ0n) is 15.8. The number of likely N-dealkylation sites (N-methyl/N-ethyl adjacent to an activating group) is 1. The molecule has 0 saturated heterocycles. The third kappa shape index (κ3) is 5.95. The van der Waals surface area contributed by atoms with E-state index in [2.05, 4.69) is 95.3 Å². The topological polar surface area (TPSA) is 35.8 Å². The smallest absolute Gasteiger partial charge is 0.193 e. The van der Waals surface area contributed by atoms with Crippen LogP contribution in [-0.2, 0) is 13.6 Å². The maximum absolute atomic E-state index is 4.41. The number of aryl methyl sites for hydroxylation is 1. The second-order valence-corrected chi connectivity index (χ2v) is 6.19. The van der Waals surface area contributed by atoms with Gasteiger partial charge in [0.25, 0.3) is 0 Å². The van der Waals surface area contributed by atoms with Crippen molar-refractivity contribution in [2.45, 2.75) is 19.5 Å². The first-order valence-electron chi connectivity index (χ1n) is 8.32. The van der Waals surface area contributed by atoms with Crippen molar-refractivity contribution < 1.29 is 0 Å². The molecule has 25 heavy (non-hydrogen) atoms. The van der Waals surface area contributed by atoms with Gasteiger partial charge in [0.2, 0.25) is 0 Å². The highest BCUT2D eigenvalue weighted by Crippen LogP contribution is 2.13. The predicted molar refractivity (Wildman–Crippen MR) is 118 cm³/mol. The van der Waals surface area contributed by atoms with Crippen LogP contribution >= 0.6 is 24.0 Å². The Labute approximate surface area is 168 Å². The molecule has 2 aromatic rings. The van der Waals surface area contributed by atoms with Gasteiger partial charge in [0.15, 0.2) is 5.96 Å². The summed E-state index contributed by atoms with van der Waals surface area (Å²) in [5.74, 6) is 0.907. The van der Waals surface area contributed by atoms with E-state index in [9.17, 15) is 0 Å². The average molecular weight is 455 g/mol. The number of nitrogens with one attached hydrogen (secondary N) is 1. The summed E-state index contributed by atoms with van der Waals surface area (Å²) < 4.78 is 2.13. The van der Waals surface area contributed by atoms with Crippen molar-refractivity contribution >= 4 is 35.6 Å². The molecule has 0 spiro atoms. The Hall–Kier alpha value is -1.70. The van der Waals surface area contributed by atoms with Gasteiger partial charge in [-0.05, 0) is 31.2 Å². The van der Waals surface area contributed by atoms with Crippen molar-refractivity contribution in [1.29, 1.82) is 0 Å². The van der Waals surface area contributed by atoms with Crippen molar-refractivity contribution in [2.75, 3.05) is 32.6 Å². The lowest BCUT2D eigenvalue weighted by Crippen LogP contribution is -2.45. The fourth-order valence-electron chi connectivity index (χ4n) is 2.66. The average Bonchev–Trinajstić information content (AvgIpc) is 3.00. The Bertz CT molecular complexity index is 653. The fraction of sp³-hybridized carbons (Fsp3) is 0.421. The minimum atomic E-state index is 0. The summed E-state index contributed by atoms with van der Waals surface area (Å²) in [5, 5.41) is 3.48. The van der Waals surface area contributed by atoms with E-state index in [1.807, 2.05) is 13.1 Å². The summed E-state index contributed by atoms with van der Waals surface area (Å²) in [6, 6.07) is 15.0. The molecule has 0 amide bonds. The van der Waals surface area contributed by atoms with Gasteiger partial charge in [0.05, 0.1) is 6.54 Å². The Balaban J connectivity index is 0.00000312. The molecule has 0 fully saturated rings. The van der Waals surface area contributed by atoms with Crippen LogP contribution in [0.4, 0.5) is 5.69 Å². The molecule has 0 aliphatic rings. The molecule has 1 aromatic heterocycles. The molecule has 0 aliphatic heterocycles. The minimum Gasteiger partial charge on any atom is -0.370 e. The predicted octanol–water partition coefficient (Wildman–Crippen LogP) is 3.18. The number of halogens is 1. The zero-order chi connectivity index (χ0) is 17.5. The standard InChI is InChI=1S/C19H29N5.HI/c1-16(24(5)17-10-7-6-8-11-17)14-21-19(20-2)23(4)15-18-12-9-13-22(18)3;/h6-13,16H,14-15H2,1-5H3,(H,20,21);1H. The maximum atomic E-state index is 4.41. The summed E-state index contributed by atoms with van der Waals surface area (Å²) in [7, 11) is 8.08. The lowest BCUT2D eigenvalue weighted by atomic mass is 10.2. The molecule has 0 saturated carbocycles. The number of nitrogens with zero attached hydrogens (tertiary/aromatic N) is 4. The van der Waals surface area contributed by atoms with Crippen LogP contribution in [0.5, 0.6) is 0 Å². The van der Waals surface area contributed by atoms with Crippen LogP contribution in [0.1, 0.15) is 12.6 Å².